The molecular formula is C17H24N2O4. The number of rotatable bonds is 2. The molecule has 1 amide bonds. The van der Waals surface area contributed by atoms with Crippen LogP contribution in [0.4, 0.5) is 4.79 Å². The van der Waals surface area contributed by atoms with Crippen LogP contribution in [-0.2, 0) is 9.47 Å². The van der Waals surface area contributed by atoms with E-state index in [9.17, 15) is 9.59 Å². The maximum Gasteiger partial charge on any atom is 0.410 e. The fourth-order valence-corrected chi connectivity index (χ4v) is 2.60. The molecule has 6 nitrogen and oxygen atoms in total. The zero-order valence-corrected chi connectivity index (χ0v) is 14.1. The van der Waals surface area contributed by atoms with E-state index in [1.54, 1.807) is 17.0 Å². The minimum absolute atomic E-state index is 0.270. The molecule has 23 heavy (non-hydrogen) atoms. The summed E-state index contributed by atoms with van der Waals surface area (Å²) in [6.45, 7) is 7.29. The molecule has 0 spiro atoms. The highest BCUT2D eigenvalue weighted by Crippen LogP contribution is 2.27. The van der Waals surface area contributed by atoms with Gasteiger partial charge in [0, 0.05) is 19.6 Å². The van der Waals surface area contributed by atoms with E-state index in [1.807, 2.05) is 32.9 Å². The zero-order valence-electron chi connectivity index (χ0n) is 14.1. The van der Waals surface area contributed by atoms with Gasteiger partial charge in [-0.05, 0) is 32.4 Å². The van der Waals surface area contributed by atoms with Crippen LogP contribution in [0.5, 0.6) is 0 Å². The van der Waals surface area contributed by atoms with Crippen LogP contribution in [0.2, 0.25) is 0 Å². The second-order valence-corrected chi connectivity index (χ2v) is 6.47. The van der Waals surface area contributed by atoms with Crippen LogP contribution in [0.25, 0.3) is 0 Å². The van der Waals surface area contributed by atoms with Gasteiger partial charge >= 0.3 is 12.1 Å². The Morgan fingerprint density at radius 2 is 1.96 bits per heavy atom. The van der Waals surface area contributed by atoms with E-state index in [4.69, 9.17) is 9.47 Å². The molecule has 1 aliphatic rings. The van der Waals surface area contributed by atoms with Gasteiger partial charge in [-0.25, -0.2) is 9.59 Å². The summed E-state index contributed by atoms with van der Waals surface area (Å²) in [5.74, 6) is -0.407. The lowest BCUT2D eigenvalue weighted by Gasteiger charge is -2.37. The fraction of sp³-hybridized carbons (Fsp3) is 0.529. The van der Waals surface area contributed by atoms with E-state index in [0.29, 0.717) is 25.2 Å². The Morgan fingerprint density at radius 3 is 2.61 bits per heavy atom. The Labute approximate surface area is 136 Å². The number of piperazine rings is 1. The number of nitrogens with zero attached hydrogens (tertiary/aromatic N) is 1. The third-order valence-corrected chi connectivity index (χ3v) is 3.60. The summed E-state index contributed by atoms with van der Waals surface area (Å²) in [5.41, 5.74) is 0.670. The van der Waals surface area contributed by atoms with Gasteiger partial charge in [0.25, 0.3) is 0 Å². The molecule has 6 heteroatoms. The van der Waals surface area contributed by atoms with Gasteiger partial charge in [0.05, 0.1) is 18.7 Å². The van der Waals surface area contributed by atoms with Gasteiger partial charge < -0.3 is 14.8 Å². The summed E-state index contributed by atoms with van der Waals surface area (Å²) in [5, 5.41) is 3.26. The first kappa shape index (κ1) is 17.3. The van der Waals surface area contributed by atoms with Gasteiger partial charge in [0.15, 0.2) is 0 Å². The molecule has 126 valence electrons. The van der Waals surface area contributed by atoms with Gasteiger partial charge in [-0.3, -0.25) is 4.90 Å². The van der Waals surface area contributed by atoms with Crippen molar-refractivity contribution in [3.8, 4) is 0 Å². The molecule has 1 saturated heterocycles. The molecule has 1 aromatic carbocycles. The highest BCUT2D eigenvalue weighted by atomic mass is 16.6. The van der Waals surface area contributed by atoms with Crippen molar-refractivity contribution < 1.29 is 19.1 Å². The zero-order chi connectivity index (χ0) is 17.0. The van der Waals surface area contributed by atoms with E-state index in [-0.39, 0.29) is 12.1 Å². The van der Waals surface area contributed by atoms with E-state index < -0.39 is 11.6 Å². The lowest BCUT2D eigenvalue weighted by molar-refractivity contribution is 0.0114. The first-order valence-corrected chi connectivity index (χ1v) is 7.71. The topological polar surface area (TPSA) is 67.9 Å². The lowest BCUT2D eigenvalue weighted by atomic mass is 9.98. The van der Waals surface area contributed by atoms with Gasteiger partial charge in [-0.1, -0.05) is 18.2 Å². The first-order chi connectivity index (χ1) is 10.8. The summed E-state index contributed by atoms with van der Waals surface area (Å²) in [4.78, 5) is 26.2. The van der Waals surface area contributed by atoms with Crippen LogP contribution >= 0.6 is 0 Å². The number of amides is 1. The van der Waals surface area contributed by atoms with E-state index in [0.717, 1.165) is 5.56 Å². The van der Waals surface area contributed by atoms with Gasteiger partial charge in [0.1, 0.15) is 5.60 Å². The molecule has 1 N–H and O–H groups in total. The Hall–Kier alpha value is -2.08. The number of carbonyl (C=O) groups is 2. The van der Waals surface area contributed by atoms with Crippen LogP contribution in [0.1, 0.15) is 42.7 Å². The minimum Gasteiger partial charge on any atom is -0.465 e. The van der Waals surface area contributed by atoms with Crippen molar-refractivity contribution in [1.29, 1.82) is 0 Å². The normalized spacial score (nSPS) is 18.4. The largest absolute Gasteiger partial charge is 0.465 e. The molecule has 0 radical (unpaired) electrons. The molecule has 0 bridgehead atoms. The van der Waals surface area contributed by atoms with Gasteiger partial charge in [0.2, 0.25) is 0 Å². The van der Waals surface area contributed by atoms with Crippen LogP contribution in [0, 0.1) is 0 Å². The third kappa shape index (κ3) is 4.22. The van der Waals surface area contributed by atoms with Crippen LogP contribution in [-0.4, -0.2) is 49.3 Å². The summed E-state index contributed by atoms with van der Waals surface area (Å²) < 4.78 is 10.3. The lowest BCUT2D eigenvalue weighted by Crippen LogP contribution is -2.50. The molecule has 2 rings (SSSR count). The van der Waals surface area contributed by atoms with Crippen molar-refractivity contribution in [3.63, 3.8) is 0 Å². The Kier molecular flexibility index (Phi) is 5.26. The van der Waals surface area contributed by atoms with Crippen molar-refractivity contribution in [2.24, 2.45) is 0 Å². The summed E-state index contributed by atoms with van der Waals surface area (Å²) in [7, 11) is 1.35. The number of hydrogen-bond acceptors (Lipinski definition) is 5. The van der Waals surface area contributed by atoms with E-state index in [2.05, 4.69) is 5.32 Å². The standard InChI is InChI=1S/C17H24N2O4/c1-17(2,3)23-16(21)19-10-9-18-11-14(19)12-7-5-6-8-13(12)15(20)22-4/h5-8,14,18H,9-11H2,1-4H3. The Balaban J connectivity index is 2.32. The SMILES string of the molecule is COC(=O)c1ccccc1C1CNCCN1C(=O)OC(C)(C)C. The molecule has 0 aliphatic carbocycles. The minimum atomic E-state index is -0.561. The number of methoxy groups -OCH3 is 1. The number of esters is 1. The second-order valence-electron chi connectivity index (χ2n) is 6.47. The second kappa shape index (κ2) is 7.00. The van der Waals surface area contributed by atoms with Crippen molar-refractivity contribution in [3.05, 3.63) is 35.4 Å². The molecule has 1 fully saturated rings. The summed E-state index contributed by atoms with van der Waals surface area (Å²) in [6.07, 6.45) is -0.372. The van der Waals surface area contributed by atoms with Gasteiger partial charge in [-0.15, -0.1) is 0 Å². The Bertz CT molecular complexity index is 580. The molecule has 1 heterocycles. The summed E-state index contributed by atoms with van der Waals surface area (Å²) in [6, 6.07) is 6.92. The average Bonchev–Trinajstić information content (AvgIpc) is 2.52. The molecule has 1 atom stereocenters. The molecule has 1 aliphatic heterocycles. The first-order valence-electron chi connectivity index (χ1n) is 7.71. The number of nitrogens with one attached hydrogen (secondary N) is 1. The van der Waals surface area contributed by atoms with E-state index in [1.165, 1.54) is 7.11 Å². The highest BCUT2D eigenvalue weighted by Gasteiger charge is 2.33. The molecule has 0 aromatic heterocycles. The molecule has 0 saturated carbocycles. The van der Waals surface area contributed by atoms with Gasteiger partial charge in [-0.2, -0.15) is 0 Å². The van der Waals surface area contributed by atoms with E-state index >= 15 is 0 Å². The predicted octanol–water partition coefficient (Wildman–Crippen LogP) is 2.35. The average molecular weight is 320 g/mol. The third-order valence-electron chi connectivity index (χ3n) is 3.60. The van der Waals surface area contributed by atoms with Crippen molar-refractivity contribution in [2.45, 2.75) is 32.4 Å². The number of ether oxygens (including phenoxy) is 2. The highest BCUT2D eigenvalue weighted by molar-refractivity contribution is 5.91. The molecular weight excluding hydrogens is 296 g/mol. The number of carbonyl (C=O) groups excluding carboxylic acids is 2. The van der Waals surface area contributed by atoms with Crippen LogP contribution in [0.3, 0.4) is 0 Å². The van der Waals surface area contributed by atoms with Crippen LogP contribution in [0.15, 0.2) is 24.3 Å². The number of hydrogen-bond donors (Lipinski definition) is 1. The van der Waals surface area contributed by atoms with Crippen LogP contribution < -0.4 is 5.32 Å². The smallest absolute Gasteiger partial charge is 0.410 e. The number of benzene rings is 1. The maximum atomic E-state index is 12.5. The predicted molar refractivity (Wildman–Crippen MR) is 86.3 cm³/mol. The monoisotopic (exact) mass is 320 g/mol. The fourth-order valence-electron chi connectivity index (χ4n) is 2.60. The quantitative estimate of drug-likeness (QED) is 0.847. The molecule has 1 aromatic rings. The molecule has 1 unspecified atom stereocenters. The Morgan fingerprint density at radius 1 is 1.26 bits per heavy atom. The van der Waals surface area contributed by atoms with Crippen molar-refractivity contribution >= 4 is 12.1 Å². The van der Waals surface area contributed by atoms with Crippen molar-refractivity contribution in [1.82, 2.24) is 10.2 Å². The maximum absolute atomic E-state index is 12.5. The van der Waals surface area contributed by atoms with Crippen molar-refractivity contribution in [2.75, 3.05) is 26.7 Å². The summed E-state index contributed by atoms with van der Waals surface area (Å²) >= 11 is 0.